The molecule has 108 valence electrons. The Morgan fingerprint density at radius 3 is 2.52 bits per heavy atom. The molecule has 0 fully saturated rings. The van der Waals surface area contributed by atoms with Crippen molar-refractivity contribution in [2.24, 2.45) is 0 Å². The standard InChI is InChI=1S/C14H8BrFINO3/c15-10-3-1-7(5-11(10)16)13(19)18-12-4-2-8(17)6-9(12)14(20)21/h1-6H,(H,18,19)(H,20,21). The van der Waals surface area contributed by atoms with E-state index in [4.69, 9.17) is 5.11 Å². The van der Waals surface area contributed by atoms with Crippen LogP contribution in [0.2, 0.25) is 0 Å². The summed E-state index contributed by atoms with van der Waals surface area (Å²) in [5, 5.41) is 11.6. The van der Waals surface area contributed by atoms with E-state index in [0.717, 1.165) is 9.64 Å². The molecule has 0 spiro atoms. The van der Waals surface area contributed by atoms with Gasteiger partial charge in [-0.25, -0.2) is 9.18 Å². The summed E-state index contributed by atoms with van der Waals surface area (Å²) in [6.07, 6.45) is 0. The van der Waals surface area contributed by atoms with E-state index in [0.29, 0.717) is 0 Å². The summed E-state index contributed by atoms with van der Waals surface area (Å²) in [6.45, 7) is 0. The van der Waals surface area contributed by atoms with Crippen LogP contribution in [0, 0.1) is 9.39 Å². The number of carboxylic acids is 1. The first-order valence-corrected chi connectivity index (χ1v) is 7.55. The van der Waals surface area contributed by atoms with Crippen molar-refractivity contribution in [3.05, 3.63) is 61.4 Å². The van der Waals surface area contributed by atoms with Crippen LogP contribution in [0.25, 0.3) is 0 Å². The molecule has 2 aromatic rings. The summed E-state index contributed by atoms with van der Waals surface area (Å²) in [5.74, 6) is -2.29. The van der Waals surface area contributed by atoms with E-state index in [-0.39, 0.29) is 21.3 Å². The molecule has 0 atom stereocenters. The molecule has 2 rings (SSSR count). The van der Waals surface area contributed by atoms with Crippen molar-refractivity contribution in [1.82, 2.24) is 0 Å². The number of nitrogens with one attached hydrogen (secondary N) is 1. The van der Waals surface area contributed by atoms with Crippen LogP contribution >= 0.6 is 38.5 Å². The first kappa shape index (κ1) is 15.9. The highest BCUT2D eigenvalue weighted by atomic mass is 127. The minimum atomic E-state index is -1.15. The number of hydrogen-bond donors (Lipinski definition) is 2. The van der Waals surface area contributed by atoms with Crippen molar-refractivity contribution < 1.29 is 19.1 Å². The number of rotatable bonds is 3. The first-order valence-electron chi connectivity index (χ1n) is 5.67. The van der Waals surface area contributed by atoms with E-state index in [2.05, 4.69) is 21.2 Å². The molecule has 0 saturated carbocycles. The second-order valence-corrected chi connectivity index (χ2v) is 6.18. The molecule has 0 aliphatic heterocycles. The zero-order chi connectivity index (χ0) is 15.6. The summed E-state index contributed by atoms with van der Waals surface area (Å²) in [4.78, 5) is 23.2. The third-order valence-corrected chi connectivity index (χ3v) is 3.96. The number of carbonyl (C=O) groups excluding carboxylic acids is 1. The van der Waals surface area contributed by atoms with Gasteiger partial charge in [-0.3, -0.25) is 4.79 Å². The Morgan fingerprint density at radius 2 is 1.90 bits per heavy atom. The Labute approximate surface area is 141 Å². The van der Waals surface area contributed by atoms with E-state index in [1.165, 1.54) is 24.3 Å². The van der Waals surface area contributed by atoms with Crippen molar-refractivity contribution in [2.75, 3.05) is 5.32 Å². The molecule has 4 nitrogen and oxygen atoms in total. The summed E-state index contributed by atoms with van der Waals surface area (Å²) < 4.78 is 14.4. The Kier molecular flexibility index (Phi) is 4.94. The van der Waals surface area contributed by atoms with Gasteiger partial charge in [0.2, 0.25) is 0 Å². The van der Waals surface area contributed by atoms with Crippen LogP contribution in [-0.4, -0.2) is 17.0 Å². The molecule has 7 heteroatoms. The minimum absolute atomic E-state index is 0.0205. The maximum absolute atomic E-state index is 13.4. The molecule has 2 aromatic carbocycles. The maximum Gasteiger partial charge on any atom is 0.337 e. The zero-order valence-corrected chi connectivity index (χ0v) is 14.1. The number of benzene rings is 2. The normalized spacial score (nSPS) is 10.2. The highest BCUT2D eigenvalue weighted by Crippen LogP contribution is 2.21. The molecule has 0 aliphatic rings. The molecule has 0 radical (unpaired) electrons. The molecule has 21 heavy (non-hydrogen) atoms. The van der Waals surface area contributed by atoms with Crippen molar-refractivity contribution in [3.63, 3.8) is 0 Å². The average Bonchev–Trinajstić information content (AvgIpc) is 2.43. The Bertz CT molecular complexity index is 736. The quantitative estimate of drug-likeness (QED) is 0.672. The molecular formula is C14H8BrFINO3. The van der Waals surface area contributed by atoms with Gasteiger partial charge < -0.3 is 10.4 Å². The van der Waals surface area contributed by atoms with Crippen LogP contribution in [0.5, 0.6) is 0 Å². The number of halogens is 3. The highest BCUT2D eigenvalue weighted by molar-refractivity contribution is 14.1. The second kappa shape index (κ2) is 6.52. The first-order chi connectivity index (χ1) is 9.88. The van der Waals surface area contributed by atoms with Gasteiger partial charge in [0.15, 0.2) is 0 Å². The van der Waals surface area contributed by atoms with E-state index in [1.54, 1.807) is 6.07 Å². The number of aromatic carboxylic acids is 1. The third kappa shape index (κ3) is 3.79. The van der Waals surface area contributed by atoms with Gasteiger partial charge >= 0.3 is 5.97 Å². The number of amides is 1. The molecule has 0 bridgehead atoms. The Hall–Kier alpha value is -1.48. The van der Waals surface area contributed by atoms with Crippen LogP contribution in [0.15, 0.2) is 40.9 Å². The number of carbonyl (C=O) groups is 2. The van der Waals surface area contributed by atoms with Crippen LogP contribution in [0.4, 0.5) is 10.1 Å². The highest BCUT2D eigenvalue weighted by Gasteiger charge is 2.15. The molecule has 2 N–H and O–H groups in total. The molecular weight excluding hydrogens is 456 g/mol. The number of carboxylic acid groups (broad SMARTS) is 1. The molecule has 0 aliphatic carbocycles. The monoisotopic (exact) mass is 463 g/mol. The minimum Gasteiger partial charge on any atom is -0.478 e. The fraction of sp³-hybridized carbons (Fsp3) is 0. The van der Waals surface area contributed by atoms with Crippen molar-refractivity contribution in [1.29, 1.82) is 0 Å². The number of anilines is 1. The van der Waals surface area contributed by atoms with Crippen molar-refractivity contribution in [3.8, 4) is 0 Å². The van der Waals surface area contributed by atoms with Gasteiger partial charge in [0.25, 0.3) is 5.91 Å². The predicted octanol–water partition coefficient (Wildman–Crippen LogP) is 4.14. The van der Waals surface area contributed by atoms with Crippen LogP contribution in [-0.2, 0) is 0 Å². The Balaban J connectivity index is 2.31. The largest absolute Gasteiger partial charge is 0.478 e. The SMILES string of the molecule is O=C(Nc1ccc(I)cc1C(=O)O)c1ccc(Br)c(F)c1. The molecule has 1 amide bonds. The maximum atomic E-state index is 13.4. The van der Waals surface area contributed by atoms with Crippen LogP contribution in [0.1, 0.15) is 20.7 Å². The van der Waals surface area contributed by atoms with Crippen LogP contribution < -0.4 is 5.32 Å². The van der Waals surface area contributed by atoms with E-state index < -0.39 is 17.7 Å². The van der Waals surface area contributed by atoms with E-state index in [9.17, 15) is 14.0 Å². The lowest BCUT2D eigenvalue weighted by molar-refractivity contribution is 0.0698. The van der Waals surface area contributed by atoms with Gasteiger partial charge in [-0.2, -0.15) is 0 Å². The molecule has 0 aromatic heterocycles. The summed E-state index contributed by atoms with van der Waals surface area (Å²) >= 11 is 4.98. The smallest absolute Gasteiger partial charge is 0.337 e. The zero-order valence-electron chi connectivity index (χ0n) is 10.4. The van der Waals surface area contributed by atoms with Crippen molar-refractivity contribution >= 4 is 56.1 Å². The van der Waals surface area contributed by atoms with Gasteiger partial charge in [0.05, 0.1) is 15.7 Å². The molecule has 0 heterocycles. The Morgan fingerprint density at radius 1 is 1.19 bits per heavy atom. The summed E-state index contributed by atoms with van der Waals surface area (Å²) in [5.41, 5.74) is 0.245. The lowest BCUT2D eigenvalue weighted by Crippen LogP contribution is -2.15. The summed E-state index contributed by atoms with van der Waals surface area (Å²) in [7, 11) is 0. The second-order valence-electron chi connectivity index (χ2n) is 4.08. The fourth-order valence-corrected chi connectivity index (χ4v) is 2.37. The van der Waals surface area contributed by atoms with Gasteiger partial charge in [0, 0.05) is 9.13 Å². The van der Waals surface area contributed by atoms with E-state index in [1.807, 2.05) is 22.6 Å². The number of hydrogen-bond acceptors (Lipinski definition) is 2. The molecule has 0 saturated heterocycles. The summed E-state index contributed by atoms with van der Waals surface area (Å²) in [6, 6.07) is 8.54. The van der Waals surface area contributed by atoms with Gasteiger partial charge in [-0.05, 0) is 74.9 Å². The lowest BCUT2D eigenvalue weighted by atomic mass is 10.1. The average molecular weight is 464 g/mol. The topological polar surface area (TPSA) is 66.4 Å². The van der Waals surface area contributed by atoms with Crippen molar-refractivity contribution in [2.45, 2.75) is 0 Å². The third-order valence-electron chi connectivity index (χ3n) is 2.64. The van der Waals surface area contributed by atoms with Gasteiger partial charge in [-0.15, -0.1) is 0 Å². The lowest BCUT2D eigenvalue weighted by Gasteiger charge is -2.09. The molecule has 0 unspecified atom stereocenters. The van der Waals surface area contributed by atoms with Gasteiger partial charge in [-0.1, -0.05) is 0 Å². The fourth-order valence-electron chi connectivity index (χ4n) is 1.63. The predicted molar refractivity (Wildman–Crippen MR) is 88.2 cm³/mol. The van der Waals surface area contributed by atoms with Crippen LogP contribution in [0.3, 0.4) is 0 Å². The van der Waals surface area contributed by atoms with Gasteiger partial charge in [0.1, 0.15) is 5.82 Å². The van der Waals surface area contributed by atoms with E-state index >= 15 is 0 Å².